The lowest BCUT2D eigenvalue weighted by Gasteiger charge is -2.35. The average Bonchev–Trinajstić information content (AvgIpc) is 2.55. The Balaban J connectivity index is 1.82. The molecule has 2 aromatic carbocycles. The lowest BCUT2D eigenvalue weighted by atomic mass is 10.1. The summed E-state index contributed by atoms with van der Waals surface area (Å²) in [4.78, 5) is 13.0. The first-order chi connectivity index (χ1) is 11.5. The molecule has 1 unspecified atom stereocenters. The number of fused-ring (bicyclic) bond motifs is 1. The molecular formula is C16H13BrN2O3S2. The first-order valence-corrected chi connectivity index (χ1v) is 9.17. The zero-order valence-corrected chi connectivity index (χ0v) is 15.6. The molecule has 24 heavy (non-hydrogen) atoms. The van der Waals surface area contributed by atoms with E-state index in [9.17, 15) is 15.2 Å². The van der Waals surface area contributed by atoms with E-state index in [0.29, 0.717) is 22.8 Å². The van der Waals surface area contributed by atoms with Gasteiger partial charge in [-0.05, 0) is 24.1 Å². The molecule has 0 bridgehead atoms. The second-order valence-electron chi connectivity index (χ2n) is 5.26. The topological polar surface area (TPSA) is 66.6 Å². The third kappa shape index (κ3) is 3.46. The highest BCUT2D eigenvalue weighted by Crippen LogP contribution is 2.40. The number of hydrogen-bond acceptors (Lipinski definition) is 5. The highest BCUT2D eigenvalue weighted by atomic mass is 79.9. The summed E-state index contributed by atoms with van der Waals surface area (Å²) < 4.78 is 1.57. The van der Waals surface area contributed by atoms with Crippen molar-refractivity contribution in [3.63, 3.8) is 0 Å². The molecule has 0 aromatic heterocycles. The Morgan fingerprint density at radius 2 is 2.08 bits per heavy atom. The maximum Gasteiger partial charge on any atom is 0.269 e. The van der Waals surface area contributed by atoms with Gasteiger partial charge >= 0.3 is 0 Å². The Morgan fingerprint density at radius 3 is 2.79 bits per heavy atom. The predicted molar refractivity (Wildman–Crippen MR) is 101 cm³/mol. The molecule has 5 nitrogen and oxygen atoms in total. The van der Waals surface area contributed by atoms with Crippen molar-refractivity contribution in [2.45, 2.75) is 17.5 Å². The molecule has 0 aliphatic carbocycles. The van der Waals surface area contributed by atoms with E-state index >= 15 is 0 Å². The van der Waals surface area contributed by atoms with Crippen LogP contribution in [-0.4, -0.2) is 25.8 Å². The molecule has 2 aromatic rings. The molecule has 1 heterocycles. The summed E-state index contributed by atoms with van der Waals surface area (Å²) in [5, 5.41) is 21.6. The fraction of sp³-hybridized carbons (Fsp3) is 0.188. The summed E-state index contributed by atoms with van der Waals surface area (Å²) in [5.74, 6) is 0. The van der Waals surface area contributed by atoms with E-state index in [-0.39, 0.29) is 5.69 Å². The van der Waals surface area contributed by atoms with E-state index in [0.717, 1.165) is 14.9 Å². The normalized spacial score (nSPS) is 16.8. The molecule has 8 heteroatoms. The molecule has 1 atom stereocenters. The highest BCUT2D eigenvalue weighted by molar-refractivity contribution is 9.10. The lowest BCUT2D eigenvalue weighted by Crippen LogP contribution is -2.36. The fourth-order valence-corrected chi connectivity index (χ4v) is 4.38. The van der Waals surface area contributed by atoms with Gasteiger partial charge in [0.25, 0.3) is 5.69 Å². The van der Waals surface area contributed by atoms with Crippen LogP contribution in [0.25, 0.3) is 0 Å². The standard InChI is InChI=1S/C16H13BrN2O3S2/c17-13-4-2-1-3-10(13)7-8-18-15(20)12-9-11(19(21)22)5-6-14(12)24-16(18)23/h1-6,9,15,20H,7-8H2. The number of nitrogens with zero attached hydrogens (tertiary/aromatic N) is 2. The van der Waals surface area contributed by atoms with Crippen molar-refractivity contribution < 1.29 is 10.0 Å². The smallest absolute Gasteiger partial charge is 0.269 e. The largest absolute Gasteiger partial charge is 0.369 e. The second kappa shape index (κ2) is 7.18. The molecular weight excluding hydrogens is 412 g/mol. The zero-order valence-electron chi connectivity index (χ0n) is 12.4. The van der Waals surface area contributed by atoms with Crippen molar-refractivity contribution in [2.24, 2.45) is 0 Å². The number of rotatable bonds is 4. The zero-order chi connectivity index (χ0) is 17.3. The number of nitro groups is 1. The van der Waals surface area contributed by atoms with E-state index < -0.39 is 11.2 Å². The molecule has 0 fully saturated rings. The summed E-state index contributed by atoms with van der Waals surface area (Å²) in [7, 11) is 0. The summed E-state index contributed by atoms with van der Waals surface area (Å²) in [6, 6.07) is 12.4. The fourth-order valence-electron chi connectivity index (χ4n) is 2.52. The van der Waals surface area contributed by atoms with Crippen LogP contribution >= 0.6 is 39.9 Å². The summed E-state index contributed by atoms with van der Waals surface area (Å²) in [6.07, 6.45) is -0.278. The van der Waals surface area contributed by atoms with Gasteiger partial charge in [-0.15, -0.1) is 0 Å². The van der Waals surface area contributed by atoms with Gasteiger partial charge < -0.3 is 10.0 Å². The third-order valence-corrected chi connectivity index (χ3v) is 6.05. The highest BCUT2D eigenvalue weighted by Gasteiger charge is 2.30. The minimum Gasteiger partial charge on any atom is -0.369 e. The van der Waals surface area contributed by atoms with Crippen molar-refractivity contribution in [1.82, 2.24) is 4.90 Å². The van der Waals surface area contributed by atoms with Crippen LogP contribution in [0.2, 0.25) is 0 Å². The van der Waals surface area contributed by atoms with Gasteiger partial charge in [-0.2, -0.15) is 0 Å². The Bertz CT molecular complexity index is 816. The average molecular weight is 425 g/mol. The molecule has 0 spiro atoms. The van der Waals surface area contributed by atoms with Crippen LogP contribution in [0.5, 0.6) is 0 Å². The number of thioether (sulfide) groups is 1. The van der Waals surface area contributed by atoms with Crippen molar-refractivity contribution in [3.05, 3.63) is 68.2 Å². The molecule has 1 aliphatic heterocycles. The monoisotopic (exact) mass is 424 g/mol. The van der Waals surface area contributed by atoms with Crippen LogP contribution in [0, 0.1) is 10.1 Å². The van der Waals surface area contributed by atoms with Crippen molar-refractivity contribution in [2.75, 3.05) is 6.54 Å². The number of benzene rings is 2. The number of aliphatic hydroxyl groups is 1. The Morgan fingerprint density at radius 1 is 1.33 bits per heavy atom. The van der Waals surface area contributed by atoms with E-state index in [2.05, 4.69) is 15.9 Å². The van der Waals surface area contributed by atoms with Crippen LogP contribution in [-0.2, 0) is 6.42 Å². The maximum absolute atomic E-state index is 11.0. The summed E-state index contributed by atoms with van der Waals surface area (Å²) >= 11 is 10.3. The molecule has 1 aliphatic rings. The van der Waals surface area contributed by atoms with E-state index in [1.807, 2.05) is 24.3 Å². The summed E-state index contributed by atoms with van der Waals surface area (Å²) in [5.41, 5.74) is 1.60. The molecule has 0 amide bonds. The number of hydrogen-bond donors (Lipinski definition) is 1. The number of aliphatic hydroxyl groups excluding tert-OH is 1. The quantitative estimate of drug-likeness (QED) is 0.448. The molecule has 124 valence electrons. The number of non-ortho nitro benzene ring substituents is 1. The SMILES string of the molecule is O=[N+]([O-])c1ccc2c(c1)C(O)N(CCc1ccccc1Br)C(=S)S2. The number of halogens is 1. The van der Waals surface area contributed by atoms with Gasteiger partial charge in [0.2, 0.25) is 0 Å². The van der Waals surface area contributed by atoms with Crippen LogP contribution in [0.4, 0.5) is 5.69 Å². The first-order valence-electron chi connectivity index (χ1n) is 7.15. The van der Waals surface area contributed by atoms with E-state index in [1.165, 1.54) is 23.9 Å². The molecule has 0 saturated heterocycles. The van der Waals surface area contributed by atoms with Crippen molar-refractivity contribution in [3.8, 4) is 0 Å². The summed E-state index contributed by atoms with van der Waals surface area (Å²) in [6.45, 7) is 0.526. The Kier molecular flexibility index (Phi) is 5.19. The van der Waals surface area contributed by atoms with Crippen molar-refractivity contribution in [1.29, 1.82) is 0 Å². The van der Waals surface area contributed by atoms with Gasteiger partial charge in [0.1, 0.15) is 4.32 Å². The van der Waals surface area contributed by atoms with Gasteiger partial charge in [0.15, 0.2) is 6.23 Å². The maximum atomic E-state index is 11.0. The van der Waals surface area contributed by atoms with Gasteiger partial charge in [0.05, 0.1) is 4.92 Å². The number of nitro benzene ring substituents is 1. The predicted octanol–water partition coefficient (Wildman–Crippen LogP) is 4.28. The first kappa shape index (κ1) is 17.3. The lowest BCUT2D eigenvalue weighted by molar-refractivity contribution is -0.385. The second-order valence-corrected chi connectivity index (χ2v) is 7.79. The van der Waals surface area contributed by atoms with Gasteiger partial charge in [0, 0.05) is 33.6 Å². The molecule has 3 rings (SSSR count). The van der Waals surface area contributed by atoms with Gasteiger partial charge in [-0.1, -0.05) is 58.1 Å². The molecule has 0 radical (unpaired) electrons. The molecule has 1 N–H and O–H groups in total. The minimum absolute atomic E-state index is 0.0352. The van der Waals surface area contributed by atoms with Crippen LogP contribution in [0.3, 0.4) is 0 Å². The van der Waals surface area contributed by atoms with Crippen molar-refractivity contribution >= 4 is 49.9 Å². The molecule has 0 saturated carbocycles. The van der Waals surface area contributed by atoms with Gasteiger partial charge in [-0.25, -0.2) is 0 Å². The van der Waals surface area contributed by atoms with Gasteiger partial charge in [-0.3, -0.25) is 10.1 Å². The number of thiocarbonyl (C=S) groups is 1. The van der Waals surface area contributed by atoms with E-state index in [4.69, 9.17) is 12.2 Å². The van der Waals surface area contributed by atoms with Crippen LogP contribution < -0.4 is 0 Å². The van der Waals surface area contributed by atoms with Crippen LogP contribution in [0.15, 0.2) is 51.8 Å². The Hall–Kier alpha value is -1.48. The van der Waals surface area contributed by atoms with E-state index in [1.54, 1.807) is 11.0 Å². The third-order valence-electron chi connectivity index (χ3n) is 3.79. The Labute approximate surface area is 156 Å². The van der Waals surface area contributed by atoms with Crippen LogP contribution in [0.1, 0.15) is 17.4 Å². The minimum atomic E-state index is -0.976.